The lowest BCUT2D eigenvalue weighted by Gasteiger charge is -2.18. The first kappa shape index (κ1) is 11.7. The molecule has 0 aliphatic carbocycles. The van der Waals surface area contributed by atoms with Crippen molar-refractivity contribution < 1.29 is 14.0 Å². The van der Waals surface area contributed by atoms with Gasteiger partial charge in [-0.15, -0.1) is 0 Å². The van der Waals surface area contributed by atoms with E-state index >= 15 is 0 Å². The highest BCUT2D eigenvalue weighted by atomic mass is 19.1. The molecule has 0 saturated heterocycles. The van der Waals surface area contributed by atoms with Gasteiger partial charge in [-0.1, -0.05) is 0 Å². The summed E-state index contributed by atoms with van der Waals surface area (Å²) in [5.74, 6) is -1.70. The molecule has 0 saturated carbocycles. The van der Waals surface area contributed by atoms with Crippen molar-refractivity contribution in [1.82, 2.24) is 4.90 Å². The van der Waals surface area contributed by atoms with E-state index in [1.54, 1.807) is 0 Å². The molecule has 1 aliphatic heterocycles. The van der Waals surface area contributed by atoms with Gasteiger partial charge in [0.1, 0.15) is 5.82 Å². The standard InChI is InChI=1S/C12H13FN2O2/c1-14(2)5-6-15-10-4-3-8(13)7-9(10)11(16)12(15)17/h3-4,7H,5-6H2,1-2H3. The van der Waals surface area contributed by atoms with Crippen LogP contribution in [0.2, 0.25) is 0 Å². The molecule has 1 aromatic carbocycles. The molecule has 0 fully saturated rings. The fraction of sp³-hybridized carbons (Fsp3) is 0.333. The monoisotopic (exact) mass is 236 g/mol. The van der Waals surface area contributed by atoms with Gasteiger partial charge in [-0.3, -0.25) is 9.59 Å². The fourth-order valence-electron chi connectivity index (χ4n) is 1.79. The van der Waals surface area contributed by atoms with Crippen molar-refractivity contribution in [3.63, 3.8) is 0 Å². The van der Waals surface area contributed by atoms with Crippen LogP contribution in [-0.4, -0.2) is 43.8 Å². The van der Waals surface area contributed by atoms with Crippen molar-refractivity contribution in [2.45, 2.75) is 0 Å². The van der Waals surface area contributed by atoms with Crippen LogP contribution in [0.4, 0.5) is 10.1 Å². The number of nitrogens with zero attached hydrogens (tertiary/aromatic N) is 2. The first-order valence-electron chi connectivity index (χ1n) is 5.31. The third-order valence-corrected chi connectivity index (χ3v) is 2.70. The van der Waals surface area contributed by atoms with Crippen LogP contribution in [0.1, 0.15) is 10.4 Å². The fourth-order valence-corrected chi connectivity index (χ4v) is 1.79. The van der Waals surface area contributed by atoms with E-state index in [0.717, 1.165) is 6.07 Å². The van der Waals surface area contributed by atoms with Crippen molar-refractivity contribution >= 4 is 17.4 Å². The number of anilines is 1. The van der Waals surface area contributed by atoms with E-state index in [-0.39, 0.29) is 5.56 Å². The number of halogens is 1. The minimum absolute atomic E-state index is 0.161. The average Bonchev–Trinajstić information content (AvgIpc) is 2.50. The third kappa shape index (κ3) is 2.06. The number of amides is 1. The number of carbonyl (C=O) groups is 2. The van der Waals surface area contributed by atoms with Gasteiger partial charge in [0.05, 0.1) is 11.3 Å². The number of fused-ring (bicyclic) bond motifs is 1. The zero-order valence-electron chi connectivity index (χ0n) is 9.74. The smallest absolute Gasteiger partial charge is 0.299 e. The molecule has 0 N–H and O–H groups in total. The molecular formula is C12H13FN2O2. The highest BCUT2D eigenvalue weighted by Crippen LogP contribution is 2.29. The Balaban J connectivity index is 2.31. The van der Waals surface area contributed by atoms with Crippen molar-refractivity contribution in [1.29, 1.82) is 0 Å². The Morgan fingerprint density at radius 2 is 2.00 bits per heavy atom. The van der Waals surface area contributed by atoms with Gasteiger partial charge in [-0.25, -0.2) is 4.39 Å². The Kier molecular flexibility index (Phi) is 2.93. The quantitative estimate of drug-likeness (QED) is 0.733. The lowest BCUT2D eigenvalue weighted by Crippen LogP contribution is -2.35. The molecule has 1 heterocycles. The van der Waals surface area contributed by atoms with Crippen molar-refractivity contribution in [3.05, 3.63) is 29.6 Å². The van der Waals surface area contributed by atoms with Gasteiger partial charge in [-0.2, -0.15) is 0 Å². The Labute approximate surface area is 98.6 Å². The number of rotatable bonds is 3. The van der Waals surface area contributed by atoms with Gasteiger partial charge < -0.3 is 9.80 Å². The van der Waals surface area contributed by atoms with Gasteiger partial charge in [-0.05, 0) is 32.3 Å². The van der Waals surface area contributed by atoms with Gasteiger partial charge in [0.2, 0.25) is 0 Å². The summed E-state index contributed by atoms with van der Waals surface area (Å²) in [6.45, 7) is 1.08. The summed E-state index contributed by atoms with van der Waals surface area (Å²) in [5, 5.41) is 0. The summed E-state index contributed by atoms with van der Waals surface area (Å²) < 4.78 is 13.0. The van der Waals surface area contributed by atoms with E-state index in [9.17, 15) is 14.0 Å². The molecule has 0 atom stereocenters. The Morgan fingerprint density at radius 1 is 1.29 bits per heavy atom. The molecule has 0 radical (unpaired) electrons. The Morgan fingerprint density at radius 3 is 2.65 bits per heavy atom. The summed E-state index contributed by atoms with van der Waals surface area (Å²) in [6, 6.07) is 3.85. The number of likely N-dealkylation sites (N-methyl/N-ethyl adjacent to an activating group) is 1. The minimum atomic E-state index is -0.627. The largest absolute Gasteiger partial charge is 0.308 e. The molecule has 90 valence electrons. The molecule has 0 aromatic heterocycles. The molecule has 0 spiro atoms. The van der Waals surface area contributed by atoms with E-state index in [1.165, 1.54) is 17.0 Å². The molecular weight excluding hydrogens is 223 g/mol. The third-order valence-electron chi connectivity index (χ3n) is 2.70. The molecule has 1 aromatic rings. The molecule has 2 rings (SSSR count). The summed E-state index contributed by atoms with van der Waals surface area (Å²) in [5.41, 5.74) is 0.664. The number of benzene rings is 1. The van der Waals surface area contributed by atoms with E-state index in [1.807, 2.05) is 19.0 Å². The molecule has 5 heteroatoms. The van der Waals surface area contributed by atoms with E-state index < -0.39 is 17.5 Å². The first-order valence-corrected chi connectivity index (χ1v) is 5.31. The maximum Gasteiger partial charge on any atom is 0.299 e. The summed E-state index contributed by atoms with van der Waals surface area (Å²) in [4.78, 5) is 26.7. The predicted octanol–water partition coefficient (Wildman–Crippen LogP) is 0.917. The van der Waals surface area contributed by atoms with E-state index in [0.29, 0.717) is 18.8 Å². The minimum Gasteiger partial charge on any atom is -0.308 e. The molecule has 1 aliphatic rings. The van der Waals surface area contributed by atoms with Crippen LogP contribution in [0.5, 0.6) is 0 Å². The molecule has 0 bridgehead atoms. The Bertz CT molecular complexity index is 485. The second kappa shape index (κ2) is 4.25. The highest BCUT2D eigenvalue weighted by molar-refractivity contribution is 6.52. The first-order chi connectivity index (χ1) is 8.00. The second-order valence-corrected chi connectivity index (χ2v) is 4.25. The van der Waals surface area contributed by atoms with E-state index in [4.69, 9.17) is 0 Å². The molecule has 4 nitrogen and oxygen atoms in total. The summed E-state index contributed by atoms with van der Waals surface area (Å²) >= 11 is 0. The van der Waals surface area contributed by atoms with Crippen LogP contribution in [0, 0.1) is 5.82 Å². The number of ketones is 1. The second-order valence-electron chi connectivity index (χ2n) is 4.25. The number of Topliss-reactive ketones (excluding diaryl/α,β-unsaturated/α-hetero) is 1. The lowest BCUT2D eigenvalue weighted by molar-refractivity contribution is -0.114. The summed E-state index contributed by atoms with van der Waals surface area (Å²) in [6.07, 6.45) is 0. The van der Waals surface area contributed by atoms with Gasteiger partial charge in [0, 0.05) is 13.1 Å². The van der Waals surface area contributed by atoms with E-state index in [2.05, 4.69) is 0 Å². The van der Waals surface area contributed by atoms with Crippen LogP contribution in [0.3, 0.4) is 0 Å². The van der Waals surface area contributed by atoms with Crippen LogP contribution < -0.4 is 4.90 Å². The van der Waals surface area contributed by atoms with Crippen molar-refractivity contribution in [2.75, 3.05) is 32.1 Å². The lowest BCUT2D eigenvalue weighted by atomic mass is 10.1. The average molecular weight is 236 g/mol. The molecule has 1 amide bonds. The van der Waals surface area contributed by atoms with Crippen LogP contribution in [-0.2, 0) is 4.79 Å². The molecule has 0 unspecified atom stereocenters. The topological polar surface area (TPSA) is 40.6 Å². The normalized spacial score (nSPS) is 14.7. The number of hydrogen-bond acceptors (Lipinski definition) is 3. The highest BCUT2D eigenvalue weighted by Gasteiger charge is 2.35. The predicted molar refractivity (Wildman–Crippen MR) is 61.6 cm³/mol. The number of hydrogen-bond donors (Lipinski definition) is 0. The zero-order chi connectivity index (χ0) is 12.6. The maximum absolute atomic E-state index is 13.0. The van der Waals surface area contributed by atoms with Crippen LogP contribution in [0.25, 0.3) is 0 Å². The van der Waals surface area contributed by atoms with Crippen LogP contribution in [0.15, 0.2) is 18.2 Å². The zero-order valence-corrected chi connectivity index (χ0v) is 9.74. The Hall–Kier alpha value is -1.75. The maximum atomic E-state index is 13.0. The summed E-state index contributed by atoms with van der Waals surface area (Å²) in [7, 11) is 3.77. The SMILES string of the molecule is CN(C)CCN1C(=O)C(=O)c2cc(F)ccc21. The van der Waals surface area contributed by atoms with Gasteiger partial charge in [0.15, 0.2) is 0 Å². The van der Waals surface area contributed by atoms with Crippen LogP contribution >= 0.6 is 0 Å². The van der Waals surface area contributed by atoms with Crippen molar-refractivity contribution in [2.24, 2.45) is 0 Å². The van der Waals surface area contributed by atoms with Gasteiger partial charge in [0.25, 0.3) is 11.7 Å². The molecule has 17 heavy (non-hydrogen) atoms. The van der Waals surface area contributed by atoms with Crippen molar-refractivity contribution in [3.8, 4) is 0 Å². The number of carbonyl (C=O) groups excluding carboxylic acids is 2. The van der Waals surface area contributed by atoms with Gasteiger partial charge >= 0.3 is 0 Å².